The van der Waals surface area contributed by atoms with Gasteiger partial charge < -0.3 is 11.1 Å². The molecule has 4 nitrogen and oxygen atoms in total. The molecule has 0 aliphatic carbocycles. The molecule has 0 spiro atoms. The fourth-order valence-electron chi connectivity index (χ4n) is 1.63. The number of nitrogens with one attached hydrogen (secondary N) is 1. The van der Waals surface area contributed by atoms with Crippen LogP contribution in [-0.2, 0) is 4.79 Å². The highest BCUT2D eigenvalue weighted by molar-refractivity contribution is 5.76. The Hall–Kier alpha value is -1.42. The van der Waals surface area contributed by atoms with E-state index in [0.29, 0.717) is 13.0 Å². The van der Waals surface area contributed by atoms with Gasteiger partial charge in [-0.15, -0.1) is 0 Å². The maximum atomic E-state index is 11.6. The average Bonchev–Trinajstić information content (AvgIpc) is 2.36. The van der Waals surface area contributed by atoms with Crippen molar-refractivity contribution < 1.29 is 4.79 Å². The van der Waals surface area contributed by atoms with Crippen LogP contribution in [0.4, 0.5) is 0 Å². The van der Waals surface area contributed by atoms with Crippen molar-refractivity contribution in [2.24, 2.45) is 5.73 Å². The number of rotatable bonds is 7. The number of nitrogens with two attached hydrogens (primary N) is 1. The fraction of sp³-hybridized carbons (Fsp3) is 0.538. The Bertz CT molecular complexity index is 327. The topological polar surface area (TPSA) is 68.0 Å². The lowest BCUT2D eigenvalue weighted by molar-refractivity contribution is -0.121. The van der Waals surface area contributed by atoms with Crippen molar-refractivity contribution in [1.82, 2.24) is 10.3 Å². The van der Waals surface area contributed by atoms with Crippen LogP contribution < -0.4 is 11.1 Å². The second-order valence-electron chi connectivity index (χ2n) is 4.14. The largest absolute Gasteiger partial charge is 0.348 e. The molecule has 1 atom stereocenters. The van der Waals surface area contributed by atoms with E-state index in [2.05, 4.69) is 10.3 Å². The molecule has 1 unspecified atom stereocenters. The lowest BCUT2D eigenvalue weighted by Gasteiger charge is -2.13. The molecule has 17 heavy (non-hydrogen) atoms. The molecule has 0 aliphatic rings. The van der Waals surface area contributed by atoms with Crippen LogP contribution in [0.25, 0.3) is 0 Å². The van der Waals surface area contributed by atoms with Crippen LogP contribution in [0.15, 0.2) is 24.4 Å². The van der Waals surface area contributed by atoms with E-state index < -0.39 is 0 Å². The average molecular weight is 235 g/mol. The van der Waals surface area contributed by atoms with E-state index in [0.717, 1.165) is 25.0 Å². The molecule has 3 N–H and O–H groups in total. The SMILES string of the molecule is CC(NC(=O)CCCCCN)c1ccccn1. The van der Waals surface area contributed by atoms with E-state index in [-0.39, 0.29) is 11.9 Å². The normalized spacial score (nSPS) is 12.1. The summed E-state index contributed by atoms with van der Waals surface area (Å²) in [5.41, 5.74) is 6.28. The molecule has 0 aromatic carbocycles. The third-order valence-electron chi connectivity index (χ3n) is 2.62. The smallest absolute Gasteiger partial charge is 0.220 e. The molecule has 0 bridgehead atoms. The molecule has 0 saturated carbocycles. The van der Waals surface area contributed by atoms with Gasteiger partial charge in [0.1, 0.15) is 0 Å². The molecule has 1 aromatic rings. The molecule has 0 radical (unpaired) electrons. The highest BCUT2D eigenvalue weighted by Crippen LogP contribution is 2.08. The second-order valence-corrected chi connectivity index (χ2v) is 4.14. The summed E-state index contributed by atoms with van der Waals surface area (Å²) in [6, 6.07) is 5.68. The van der Waals surface area contributed by atoms with Crippen LogP contribution in [0, 0.1) is 0 Å². The van der Waals surface area contributed by atoms with Gasteiger partial charge in [0.15, 0.2) is 0 Å². The number of carbonyl (C=O) groups is 1. The summed E-state index contributed by atoms with van der Waals surface area (Å²) in [4.78, 5) is 15.8. The van der Waals surface area contributed by atoms with E-state index in [1.807, 2.05) is 25.1 Å². The lowest BCUT2D eigenvalue weighted by atomic mass is 10.1. The van der Waals surface area contributed by atoms with Crippen molar-refractivity contribution >= 4 is 5.91 Å². The Morgan fingerprint density at radius 1 is 1.41 bits per heavy atom. The fourth-order valence-corrected chi connectivity index (χ4v) is 1.63. The predicted molar refractivity (Wildman–Crippen MR) is 68.3 cm³/mol. The van der Waals surface area contributed by atoms with Crippen LogP contribution in [0.2, 0.25) is 0 Å². The summed E-state index contributed by atoms with van der Waals surface area (Å²) in [6.07, 6.45) is 5.21. The van der Waals surface area contributed by atoms with Gasteiger partial charge in [-0.2, -0.15) is 0 Å². The van der Waals surface area contributed by atoms with Gasteiger partial charge in [-0.3, -0.25) is 9.78 Å². The molecule has 0 saturated heterocycles. The first kappa shape index (κ1) is 13.6. The van der Waals surface area contributed by atoms with E-state index >= 15 is 0 Å². The Labute approximate surface area is 103 Å². The standard InChI is InChI=1S/C13H21N3O/c1-11(12-7-4-6-10-15-12)16-13(17)8-3-2-5-9-14/h4,6-7,10-11H,2-3,5,8-9,14H2,1H3,(H,16,17). The third kappa shape index (κ3) is 5.45. The summed E-state index contributed by atoms with van der Waals surface area (Å²) < 4.78 is 0. The first-order valence-corrected chi connectivity index (χ1v) is 6.14. The van der Waals surface area contributed by atoms with Crippen LogP contribution in [0.1, 0.15) is 44.3 Å². The monoisotopic (exact) mass is 235 g/mol. The van der Waals surface area contributed by atoms with E-state index in [4.69, 9.17) is 5.73 Å². The zero-order chi connectivity index (χ0) is 12.5. The second kappa shape index (κ2) is 7.79. The third-order valence-corrected chi connectivity index (χ3v) is 2.62. The Morgan fingerprint density at radius 3 is 2.88 bits per heavy atom. The first-order chi connectivity index (χ1) is 8.24. The number of unbranched alkanes of at least 4 members (excludes halogenated alkanes) is 2. The zero-order valence-corrected chi connectivity index (χ0v) is 10.4. The number of pyridine rings is 1. The highest BCUT2D eigenvalue weighted by Gasteiger charge is 2.09. The molecule has 4 heteroatoms. The Kier molecular flexibility index (Phi) is 6.25. The maximum Gasteiger partial charge on any atom is 0.220 e. The summed E-state index contributed by atoms with van der Waals surface area (Å²) in [6.45, 7) is 2.64. The van der Waals surface area contributed by atoms with Crippen molar-refractivity contribution in [2.75, 3.05) is 6.54 Å². The number of hydrogen-bond acceptors (Lipinski definition) is 3. The van der Waals surface area contributed by atoms with Gasteiger partial charge in [0.05, 0.1) is 11.7 Å². The molecule has 1 heterocycles. The van der Waals surface area contributed by atoms with Crippen LogP contribution in [-0.4, -0.2) is 17.4 Å². The van der Waals surface area contributed by atoms with Crippen molar-refractivity contribution in [3.8, 4) is 0 Å². The number of carbonyl (C=O) groups excluding carboxylic acids is 1. The summed E-state index contributed by atoms with van der Waals surface area (Å²) in [7, 11) is 0. The van der Waals surface area contributed by atoms with E-state index in [9.17, 15) is 4.79 Å². The zero-order valence-electron chi connectivity index (χ0n) is 10.4. The van der Waals surface area contributed by atoms with Crippen molar-refractivity contribution in [3.05, 3.63) is 30.1 Å². The summed E-state index contributed by atoms with van der Waals surface area (Å²) in [5, 5.41) is 2.94. The van der Waals surface area contributed by atoms with Crippen molar-refractivity contribution in [1.29, 1.82) is 0 Å². The highest BCUT2D eigenvalue weighted by atomic mass is 16.1. The molecule has 94 valence electrons. The van der Waals surface area contributed by atoms with Gasteiger partial charge in [-0.1, -0.05) is 12.5 Å². The Balaban J connectivity index is 2.26. The van der Waals surface area contributed by atoms with Gasteiger partial charge in [0.2, 0.25) is 5.91 Å². The molecule has 0 fully saturated rings. The quantitative estimate of drug-likeness (QED) is 0.708. The van der Waals surface area contributed by atoms with E-state index in [1.165, 1.54) is 0 Å². The first-order valence-electron chi connectivity index (χ1n) is 6.14. The van der Waals surface area contributed by atoms with Gasteiger partial charge in [0, 0.05) is 12.6 Å². The van der Waals surface area contributed by atoms with Gasteiger partial charge in [-0.05, 0) is 38.4 Å². The van der Waals surface area contributed by atoms with Gasteiger partial charge in [-0.25, -0.2) is 0 Å². The Morgan fingerprint density at radius 2 is 2.24 bits per heavy atom. The molecule has 1 amide bonds. The number of hydrogen-bond donors (Lipinski definition) is 2. The van der Waals surface area contributed by atoms with Crippen molar-refractivity contribution in [2.45, 2.75) is 38.6 Å². The minimum Gasteiger partial charge on any atom is -0.348 e. The lowest BCUT2D eigenvalue weighted by Crippen LogP contribution is -2.26. The van der Waals surface area contributed by atoms with E-state index in [1.54, 1.807) is 6.20 Å². The van der Waals surface area contributed by atoms with Crippen LogP contribution in [0.3, 0.4) is 0 Å². The van der Waals surface area contributed by atoms with Crippen LogP contribution in [0.5, 0.6) is 0 Å². The minimum atomic E-state index is -0.0294. The molecule has 0 aliphatic heterocycles. The van der Waals surface area contributed by atoms with Gasteiger partial charge in [0.25, 0.3) is 0 Å². The summed E-state index contributed by atoms with van der Waals surface area (Å²) >= 11 is 0. The maximum absolute atomic E-state index is 11.6. The minimum absolute atomic E-state index is 0.0294. The summed E-state index contributed by atoms with van der Waals surface area (Å²) in [5.74, 6) is 0.0835. The number of amides is 1. The van der Waals surface area contributed by atoms with Crippen molar-refractivity contribution in [3.63, 3.8) is 0 Å². The molecular weight excluding hydrogens is 214 g/mol. The molecule has 1 aromatic heterocycles. The van der Waals surface area contributed by atoms with Crippen LogP contribution >= 0.6 is 0 Å². The number of nitrogens with zero attached hydrogens (tertiary/aromatic N) is 1. The molecule has 1 rings (SSSR count). The molecular formula is C13H21N3O. The predicted octanol–water partition coefficient (Wildman–Crippen LogP) is 1.78. The van der Waals surface area contributed by atoms with Gasteiger partial charge >= 0.3 is 0 Å². The number of aromatic nitrogens is 1.